The first-order valence-electron chi connectivity index (χ1n) is 10.4. The summed E-state index contributed by atoms with van der Waals surface area (Å²) in [6.07, 6.45) is -0.412. The van der Waals surface area contributed by atoms with Gasteiger partial charge in [0.2, 0.25) is 10.0 Å². The van der Waals surface area contributed by atoms with Crippen molar-refractivity contribution in [3.63, 3.8) is 0 Å². The second kappa shape index (κ2) is 8.83. The van der Waals surface area contributed by atoms with Gasteiger partial charge in [-0.15, -0.1) is 0 Å². The van der Waals surface area contributed by atoms with Gasteiger partial charge < -0.3 is 9.84 Å². The Morgan fingerprint density at radius 3 is 2.45 bits per heavy atom. The molecule has 5 nitrogen and oxygen atoms in total. The zero-order chi connectivity index (χ0) is 22.0. The van der Waals surface area contributed by atoms with Gasteiger partial charge in [0, 0.05) is 6.54 Å². The summed E-state index contributed by atoms with van der Waals surface area (Å²) in [7, 11) is -3.72. The third kappa shape index (κ3) is 4.51. The van der Waals surface area contributed by atoms with Crippen molar-refractivity contribution in [1.29, 1.82) is 0 Å². The molecule has 0 radical (unpaired) electrons. The van der Waals surface area contributed by atoms with Crippen LogP contribution in [0.1, 0.15) is 35.3 Å². The Kier molecular flexibility index (Phi) is 6.14. The van der Waals surface area contributed by atoms with Crippen molar-refractivity contribution < 1.29 is 18.3 Å². The van der Waals surface area contributed by atoms with Gasteiger partial charge in [0.1, 0.15) is 12.4 Å². The first-order chi connectivity index (χ1) is 14.9. The number of nitrogens with zero attached hydrogens (tertiary/aromatic N) is 1. The standard InChI is InChI=1S/C25H27NO4S/c1-18-8-11-23(12-9-18)31(28,29)26-15-14-21-16-22(10-13-24(21)25(27)19(26)2)30-17-20-6-4-3-5-7-20/h3-13,16,19,25,27H,14-15,17H2,1-2H3/t19?,25-/m0/s1. The fourth-order valence-electron chi connectivity index (χ4n) is 3.95. The molecule has 31 heavy (non-hydrogen) atoms. The number of benzene rings is 3. The van der Waals surface area contributed by atoms with Crippen molar-refractivity contribution in [2.24, 2.45) is 0 Å². The number of sulfonamides is 1. The van der Waals surface area contributed by atoms with Crippen LogP contribution in [0.25, 0.3) is 0 Å². The van der Waals surface area contributed by atoms with Gasteiger partial charge in [-0.1, -0.05) is 54.1 Å². The fraction of sp³-hybridized carbons (Fsp3) is 0.280. The minimum atomic E-state index is -3.72. The highest BCUT2D eigenvalue weighted by Gasteiger charge is 2.36. The van der Waals surface area contributed by atoms with Gasteiger partial charge in [0.05, 0.1) is 17.0 Å². The first-order valence-corrected chi connectivity index (χ1v) is 11.9. The SMILES string of the molecule is Cc1ccc(S(=O)(=O)N2CCc3cc(OCc4ccccc4)ccc3[C@@H](O)C2C)cc1. The first kappa shape index (κ1) is 21.6. The van der Waals surface area contributed by atoms with Crippen LogP contribution in [0, 0.1) is 6.92 Å². The molecule has 162 valence electrons. The van der Waals surface area contributed by atoms with E-state index in [4.69, 9.17) is 4.74 Å². The molecule has 2 atom stereocenters. The molecule has 6 heteroatoms. The van der Waals surface area contributed by atoms with E-state index in [9.17, 15) is 13.5 Å². The van der Waals surface area contributed by atoms with Gasteiger partial charge in [-0.05, 0) is 61.2 Å². The molecule has 0 fully saturated rings. The van der Waals surface area contributed by atoms with Crippen LogP contribution in [0.3, 0.4) is 0 Å². The lowest BCUT2D eigenvalue weighted by Gasteiger charge is -2.29. The molecule has 0 aromatic heterocycles. The molecule has 1 N–H and O–H groups in total. The van der Waals surface area contributed by atoms with Crippen LogP contribution in [0.2, 0.25) is 0 Å². The van der Waals surface area contributed by atoms with E-state index in [1.807, 2.05) is 55.5 Å². The maximum absolute atomic E-state index is 13.3. The molecule has 1 heterocycles. The molecule has 1 aliphatic heterocycles. The molecular weight excluding hydrogens is 410 g/mol. The number of hydrogen-bond donors (Lipinski definition) is 1. The van der Waals surface area contributed by atoms with Crippen molar-refractivity contribution >= 4 is 10.0 Å². The molecule has 4 rings (SSSR count). The third-order valence-electron chi connectivity index (χ3n) is 5.82. The number of aryl methyl sites for hydroxylation is 1. The van der Waals surface area contributed by atoms with Crippen LogP contribution in [0.5, 0.6) is 5.75 Å². The largest absolute Gasteiger partial charge is 0.489 e. The Hall–Kier alpha value is -2.67. The van der Waals surface area contributed by atoms with E-state index < -0.39 is 22.2 Å². The lowest BCUT2D eigenvalue weighted by atomic mass is 9.98. The number of ether oxygens (including phenoxy) is 1. The normalized spacial score (nSPS) is 19.5. The van der Waals surface area contributed by atoms with E-state index >= 15 is 0 Å². The minimum Gasteiger partial charge on any atom is -0.489 e. The van der Waals surface area contributed by atoms with Crippen molar-refractivity contribution in [3.05, 3.63) is 95.1 Å². The highest BCUT2D eigenvalue weighted by molar-refractivity contribution is 7.89. The van der Waals surface area contributed by atoms with Gasteiger partial charge in [-0.3, -0.25) is 0 Å². The monoisotopic (exact) mass is 437 g/mol. The second-order valence-electron chi connectivity index (χ2n) is 8.00. The number of rotatable bonds is 5. The van der Waals surface area contributed by atoms with E-state index in [0.29, 0.717) is 25.3 Å². The molecule has 1 aliphatic rings. The summed E-state index contributed by atoms with van der Waals surface area (Å²) in [5.41, 5.74) is 3.73. The van der Waals surface area contributed by atoms with Crippen molar-refractivity contribution in [3.8, 4) is 5.75 Å². The average Bonchev–Trinajstić information content (AvgIpc) is 2.90. The summed E-state index contributed by atoms with van der Waals surface area (Å²) < 4.78 is 33.9. The van der Waals surface area contributed by atoms with Crippen LogP contribution in [0.15, 0.2) is 77.7 Å². The molecule has 0 bridgehead atoms. The highest BCUT2D eigenvalue weighted by Crippen LogP contribution is 2.34. The fourth-order valence-corrected chi connectivity index (χ4v) is 5.59. The van der Waals surface area contributed by atoms with Crippen LogP contribution in [-0.2, 0) is 23.1 Å². The van der Waals surface area contributed by atoms with Gasteiger partial charge in [-0.2, -0.15) is 4.31 Å². The van der Waals surface area contributed by atoms with Crippen molar-refractivity contribution in [2.75, 3.05) is 6.54 Å². The molecule has 0 saturated carbocycles. The van der Waals surface area contributed by atoms with Crippen LogP contribution < -0.4 is 4.74 Å². The predicted molar refractivity (Wildman–Crippen MR) is 120 cm³/mol. The molecule has 3 aromatic carbocycles. The van der Waals surface area contributed by atoms with Crippen LogP contribution >= 0.6 is 0 Å². The minimum absolute atomic E-state index is 0.245. The van der Waals surface area contributed by atoms with Gasteiger partial charge in [0.15, 0.2) is 0 Å². The number of fused-ring (bicyclic) bond motifs is 1. The summed E-state index contributed by atoms with van der Waals surface area (Å²) in [4.78, 5) is 0.245. The Labute approximate surface area is 184 Å². The molecule has 1 unspecified atom stereocenters. The summed E-state index contributed by atoms with van der Waals surface area (Å²) in [5.74, 6) is 0.706. The van der Waals surface area contributed by atoms with E-state index in [2.05, 4.69) is 0 Å². The summed E-state index contributed by atoms with van der Waals surface area (Å²) in [6, 6.07) is 21.7. The van der Waals surface area contributed by atoms with Crippen molar-refractivity contribution in [1.82, 2.24) is 4.31 Å². The van der Waals surface area contributed by atoms with Crippen LogP contribution in [-0.4, -0.2) is 30.4 Å². The number of hydrogen-bond acceptors (Lipinski definition) is 4. The molecular formula is C25H27NO4S. The summed E-state index contributed by atoms with van der Waals surface area (Å²) >= 11 is 0. The van der Waals surface area contributed by atoms with E-state index in [1.54, 1.807) is 31.2 Å². The number of aliphatic hydroxyl groups is 1. The summed E-state index contributed by atoms with van der Waals surface area (Å²) in [6.45, 7) is 4.42. The van der Waals surface area contributed by atoms with Crippen LogP contribution in [0.4, 0.5) is 0 Å². The van der Waals surface area contributed by atoms with E-state index in [1.165, 1.54) is 4.31 Å². The second-order valence-corrected chi connectivity index (χ2v) is 9.89. The Balaban J connectivity index is 1.56. The molecule has 0 spiro atoms. The smallest absolute Gasteiger partial charge is 0.243 e. The molecule has 0 amide bonds. The Bertz CT molecular complexity index is 1140. The van der Waals surface area contributed by atoms with Gasteiger partial charge >= 0.3 is 0 Å². The highest BCUT2D eigenvalue weighted by atomic mass is 32.2. The van der Waals surface area contributed by atoms with E-state index in [0.717, 1.165) is 22.3 Å². The zero-order valence-electron chi connectivity index (χ0n) is 17.7. The Morgan fingerprint density at radius 2 is 1.74 bits per heavy atom. The molecule has 0 aliphatic carbocycles. The lowest BCUT2D eigenvalue weighted by molar-refractivity contribution is 0.104. The molecule has 3 aromatic rings. The third-order valence-corrected chi connectivity index (χ3v) is 7.82. The number of aliphatic hydroxyl groups excluding tert-OH is 1. The summed E-state index contributed by atoms with van der Waals surface area (Å²) in [5, 5.41) is 11.0. The Morgan fingerprint density at radius 1 is 1.03 bits per heavy atom. The molecule has 0 saturated heterocycles. The maximum atomic E-state index is 13.3. The van der Waals surface area contributed by atoms with Gasteiger partial charge in [0.25, 0.3) is 0 Å². The zero-order valence-corrected chi connectivity index (χ0v) is 18.5. The lowest BCUT2D eigenvalue weighted by Crippen LogP contribution is -2.41. The average molecular weight is 438 g/mol. The topological polar surface area (TPSA) is 66.8 Å². The predicted octanol–water partition coefficient (Wildman–Crippen LogP) is 4.24. The van der Waals surface area contributed by atoms with Crippen molar-refractivity contribution in [2.45, 2.75) is 43.9 Å². The quantitative estimate of drug-likeness (QED) is 0.648. The van der Waals surface area contributed by atoms with E-state index in [-0.39, 0.29) is 4.90 Å². The van der Waals surface area contributed by atoms with Gasteiger partial charge in [-0.25, -0.2) is 8.42 Å². The maximum Gasteiger partial charge on any atom is 0.243 e.